The molecule has 3 amide bonds. The van der Waals surface area contributed by atoms with Crippen molar-refractivity contribution in [3.05, 3.63) is 60.7 Å². The molecule has 0 radical (unpaired) electrons. The van der Waals surface area contributed by atoms with Crippen LogP contribution in [0.2, 0.25) is 0 Å². The van der Waals surface area contributed by atoms with Crippen LogP contribution in [0.4, 0.5) is 16.2 Å². The molecular formula is C17H19N3O2. The second-order valence-electron chi connectivity index (χ2n) is 4.65. The van der Waals surface area contributed by atoms with Crippen LogP contribution in [0.3, 0.4) is 0 Å². The Morgan fingerprint density at radius 3 is 2.14 bits per heavy atom. The number of hydrogen-bond donors (Lipinski definition) is 2. The molecule has 0 unspecified atom stereocenters. The lowest BCUT2D eigenvalue weighted by atomic mass is 10.3. The summed E-state index contributed by atoms with van der Waals surface area (Å²) in [5.41, 5.74) is 1.50. The Labute approximate surface area is 129 Å². The van der Waals surface area contributed by atoms with Crippen molar-refractivity contribution >= 4 is 23.3 Å². The van der Waals surface area contributed by atoms with Gasteiger partial charge in [-0.2, -0.15) is 0 Å². The lowest BCUT2D eigenvalue weighted by molar-refractivity contribution is -0.117. The summed E-state index contributed by atoms with van der Waals surface area (Å²) in [5.74, 6) is -0.156. The van der Waals surface area contributed by atoms with Crippen molar-refractivity contribution in [2.45, 2.75) is 6.92 Å². The van der Waals surface area contributed by atoms with Crippen molar-refractivity contribution in [3.8, 4) is 0 Å². The van der Waals surface area contributed by atoms with E-state index in [0.29, 0.717) is 12.2 Å². The lowest BCUT2D eigenvalue weighted by Gasteiger charge is -2.21. The zero-order valence-corrected chi connectivity index (χ0v) is 12.5. The summed E-state index contributed by atoms with van der Waals surface area (Å²) in [6.45, 7) is 2.39. The third-order valence-electron chi connectivity index (χ3n) is 3.12. The second kappa shape index (κ2) is 7.83. The molecule has 2 rings (SSSR count). The molecule has 0 fully saturated rings. The number of amides is 3. The van der Waals surface area contributed by atoms with Crippen LogP contribution < -0.4 is 15.5 Å². The molecule has 5 heteroatoms. The molecule has 0 saturated heterocycles. The number of nitrogens with one attached hydrogen (secondary N) is 2. The number of para-hydroxylation sites is 2. The molecule has 0 aliphatic heterocycles. The first-order valence-electron chi connectivity index (χ1n) is 7.16. The number of carbonyl (C=O) groups excluding carboxylic acids is 2. The first kappa shape index (κ1) is 15.6. The first-order chi connectivity index (χ1) is 10.7. The zero-order valence-electron chi connectivity index (χ0n) is 12.5. The van der Waals surface area contributed by atoms with Gasteiger partial charge in [0.2, 0.25) is 5.91 Å². The lowest BCUT2D eigenvalue weighted by Crippen LogP contribution is -2.41. The highest BCUT2D eigenvalue weighted by molar-refractivity contribution is 5.98. The fraction of sp³-hybridized carbons (Fsp3) is 0.176. The van der Waals surface area contributed by atoms with Gasteiger partial charge in [0, 0.05) is 17.9 Å². The Hall–Kier alpha value is -2.82. The standard InChI is InChI=1S/C17H19N3O2/c1-2-20(15-11-7-4-8-12-15)16(21)13-18-17(22)19-14-9-5-3-6-10-14/h3-12H,2,13H2,1H3,(H2,18,19,22). The third-order valence-corrected chi connectivity index (χ3v) is 3.12. The van der Waals surface area contributed by atoms with Crippen molar-refractivity contribution in [1.29, 1.82) is 0 Å². The Balaban J connectivity index is 1.87. The smallest absolute Gasteiger partial charge is 0.319 e. The van der Waals surface area contributed by atoms with Gasteiger partial charge in [0.1, 0.15) is 0 Å². The Morgan fingerprint density at radius 1 is 0.955 bits per heavy atom. The van der Waals surface area contributed by atoms with Gasteiger partial charge in [-0.25, -0.2) is 4.79 Å². The van der Waals surface area contributed by atoms with E-state index in [4.69, 9.17) is 0 Å². The maximum Gasteiger partial charge on any atom is 0.319 e. The van der Waals surface area contributed by atoms with E-state index in [-0.39, 0.29) is 12.5 Å². The predicted octanol–water partition coefficient (Wildman–Crippen LogP) is 2.86. The highest BCUT2D eigenvalue weighted by Gasteiger charge is 2.14. The summed E-state index contributed by atoms with van der Waals surface area (Å²) in [6.07, 6.45) is 0. The van der Waals surface area contributed by atoms with Crippen LogP contribution in [-0.2, 0) is 4.79 Å². The monoisotopic (exact) mass is 297 g/mol. The summed E-state index contributed by atoms with van der Waals surface area (Å²) < 4.78 is 0. The van der Waals surface area contributed by atoms with Crippen LogP contribution in [0.25, 0.3) is 0 Å². The van der Waals surface area contributed by atoms with Crippen molar-refractivity contribution in [2.24, 2.45) is 0 Å². The molecule has 2 N–H and O–H groups in total. The SMILES string of the molecule is CCN(C(=O)CNC(=O)Nc1ccccc1)c1ccccc1. The topological polar surface area (TPSA) is 61.4 Å². The second-order valence-corrected chi connectivity index (χ2v) is 4.65. The number of carbonyl (C=O) groups is 2. The average molecular weight is 297 g/mol. The molecule has 0 heterocycles. The van der Waals surface area contributed by atoms with Crippen LogP contribution >= 0.6 is 0 Å². The highest BCUT2D eigenvalue weighted by atomic mass is 16.2. The van der Waals surface area contributed by atoms with Gasteiger partial charge in [0.25, 0.3) is 0 Å². The van der Waals surface area contributed by atoms with E-state index in [1.165, 1.54) is 0 Å². The number of rotatable bonds is 5. The zero-order chi connectivity index (χ0) is 15.8. The van der Waals surface area contributed by atoms with Gasteiger partial charge in [-0.05, 0) is 31.2 Å². The van der Waals surface area contributed by atoms with E-state index >= 15 is 0 Å². The van der Waals surface area contributed by atoms with E-state index in [2.05, 4.69) is 10.6 Å². The van der Waals surface area contributed by atoms with Gasteiger partial charge >= 0.3 is 6.03 Å². The van der Waals surface area contributed by atoms with E-state index in [0.717, 1.165) is 5.69 Å². The molecule has 0 atom stereocenters. The molecule has 5 nitrogen and oxygen atoms in total. The average Bonchev–Trinajstić information content (AvgIpc) is 2.55. The minimum Gasteiger partial charge on any atom is -0.329 e. The Bertz CT molecular complexity index is 614. The Kier molecular flexibility index (Phi) is 5.54. The molecule has 2 aromatic carbocycles. The summed E-state index contributed by atoms with van der Waals surface area (Å²) in [6, 6.07) is 18.1. The van der Waals surface area contributed by atoms with Gasteiger partial charge in [0.05, 0.1) is 6.54 Å². The van der Waals surface area contributed by atoms with Gasteiger partial charge in [-0.15, -0.1) is 0 Å². The number of urea groups is 1. The number of nitrogens with zero attached hydrogens (tertiary/aromatic N) is 1. The fourth-order valence-corrected chi connectivity index (χ4v) is 2.06. The Morgan fingerprint density at radius 2 is 1.55 bits per heavy atom. The van der Waals surface area contributed by atoms with Gasteiger partial charge in [0.15, 0.2) is 0 Å². The minimum atomic E-state index is -0.399. The summed E-state index contributed by atoms with van der Waals surface area (Å²) >= 11 is 0. The van der Waals surface area contributed by atoms with Gasteiger partial charge < -0.3 is 15.5 Å². The van der Waals surface area contributed by atoms with Crippen LogP contribution in [0.5, 0.6) is 0 Å². The van der Waals surface area contributed by atoms with Gasteiger partial charge in [-0.3, -0.25) is 4.79 Å². The normalized spacial score (nSPS) is 9.86. The predicted molar refractivity (Wildman–Crippen MR) is 87.9 cm³/mol. The number of anilines is 2. The molecule has 0 bridgehead atoms. The maximum atomic E-state index is 12.2. The van der Waals surface area contributed by atoms with E-state index in [1.807, 2.05) is 55.5 Å². The molecule has 22 heavy (non-hydrogen) atoms. The van der Waals surface area contributed by atoms with Crippen molar-refractivity contribution in [2.75, 3.05) is 23.3 Å². The highest BCUT2D eigenvalue weighted by Crippen LogP contribution is 2.12. The molecule has 114 valence electrons. The molecule has 0 spiro atoms. The van der Waals surface area contributed by atoms with E-state index < -0.39 is 6.03 Å². The van der Waals surface area contributed by atoms with E-state index in [1.54, 1.807) is 17.0 Å². The third kappa shape index (κ3) is 4.34. The number of benzene rings is 2. The molecule has 2 aromatic rings. The summed E-state index contributed by atoms with van der Waals surface area (Å²) in [5, 5.41) is 5.25. The quantitative estimate of drug-likeness (QED) is 0.891. The molecule has 0 aliphatic carbocycles. The fourth-order valence-electron chi connectivity index (χ4n) is 2.06. The van der Waals surface area contributed by atoms with Gasteiger partial charge in [-0.1, -0.05) is 36.4 Å². The van der Waals surface area contributed by atoms with Crippen LogP contribution in [-0.4, -0.2) is 25.0 Å². The van der Waals surface area contributed by atoms with Crippen molar-refractivity contribution in [3.63, 3.8) is 0 Å². The molecule has 0 saturated carbocycles. The van der Waals surface area contributed by atoms with Crippen molar-refractivity contribution < 1.29 is 9.59 Å². The number of likely N-dealkylation sites (N-methyl/N-ethyl adjacent to an activating group) is 1. The van der Waals surface area contributed by atoms with Crippen LogP contribution in [0, 0.1) is 0 Å². The first-order valence-corrected chi connectivity index (χ1v) is 7.16. The summed E-state index contributed by atoms with van der Waals surface area (Å²) in [7, 11) is 0. The summed E-state index contributed by atoms with van der Waals surface area (Å²) in [4.78, 5) is 25.6. The molecular weight excluding hydrogens is 278 g/mol. The van der Waals surface area contributed by atoms with Crippen LogP contribution in [0.15, 0.2) is 60.7 Å². The maximum absolute atomic E-state index is 12.2. The largest absolute Gasteiger partial charge is 0.329 e. The van der Waals surface area contributed by atoms with E-state index in [9.17, 15) is 9.59 Å². The minimum absolute atomic E-state index is 0.0542. The molecule has 0 aromatic heterocycles. The van der Waals surface area contributed by atoms with Crippen molar-refractivity contribution in [1.82, 2.24) is 5.32 Å². The molecule has 0 aliphatic rings. The number of hydrogen-bond acceptors (Lipinski definition) is 2. The van der Waals surface area contributed by atoms with Crippen LogP contribution in [0.1, 0.15) is 6.92 Å².